The Labute approximate surface area is 239 Å². The van der Waals surface area contributed by atoms with Gasteiger partial charge < -0.3 is 19.3 Å². The van der Waals surface area contributed by atoms with E-state index in [0.29, 0.717) is 54.4 Å². The first-order valence-electron chi connectivity index (χ1n) is 15.1. The second-order valence-electron chi connectivity index (χ2n) is 13.9. The normalized spacial score (nSPS) is 23.9. The fraction of sp³-hybridized carbons (Fsp3) is 0.594. The van der Waals surface area contributed by atoms with Gasteiger partial charge in [0.15, 0.2) is 11.4 Å². The molecule has 2 aromatic heterocycles. The number of ether oxygens (including phenoxy) is 1. The van der Waals surface area contributed by atoms with Gasteiger partial charge in [0, 0.05) is 57.2 Å². The molecule has 0 spiro atoms. The van der Waals surface area contributed by atoms with Gasteiger partial charge in [-0.1, -0.05) is 58.0 Å². The van der Waals surface area contributed by atoms with E-state index in [2.05, 4.69) is 55.7 Å². The molecule has 6 rings (SSSR count). The molecule has 2 aliphatic carbocycles. The zero-order chi connectivity index (χ0) is 28.1. The van der Waals surface area contributed by atoms with E-state index < -0.39 is 8.07 Å². The molecule has 2 unspecified atom stereocenters. The summed E-state index contributed by atoms with van der Waals surface area (Å²) in [6, 6.07) is 9.60. The van der Waals surface area contributed by atoms with Crippen LogP contribution < -0.4 is 4.90 Å². The van der Waals surface area contributed by atoms with Gasteiger partial charge in [-0.15, -0.1) is 0 Å². The number of rotatable bonds is 10. The molecule has 1 saturated heterocycles. The van der Waals surface area contributed by atoms with Gasteiger partial charge in [0.25, 0.3) is 0 Å². The fourth-order valence-corrected chi connectivity index (χ4v) is 7.63. The van der Waals surface area contributed by atoms with Gasteiger partial charge in [0.05, 0.1) is 17.5 Å². The average molecular weight is 561 g/mol. The van der Waals surface area contributed by atoms with Crippen LogP contribution in [0.1, 0.15) is 49.4 Å². The van der Waals surface area contributed by atoms with Gasteiger partial charge in [-0.25, -0.2) is 9.97 Å². The minimum Gasteiger partial charge on any atom is -0.396 e. The van der Waals surface area contributed by atoms with Gasteiger partial charge in [-0.05, 0) is 48.8 Å². The lowest BCUT2D eigenvalue weighted by Crippen LogP contribution is -2.30. The summed E-state index contributed by atoms with van der Waals surface area (Å²) in [6.07, 6.45) is 9.03. The SMILES string of the molecule is CC1(C(=O)c2cn(COCC[Si](C)(C)C)c3ncc(-c4cccc(N5CC6C(CO)C6C5)c4)nc23)CCCCC1. The van der Waals surface area contributed by atoms with Crippen molar-refractivity contribution in [2.24, 2.45) is 23.2 Å². The molecule has 3 aliphatic rings. The topological polar surface area (TPSA) is 80.5 Å². The Balaban J connectivity index is 1.30. The van der Waals surface area contributed by atoms with Crippen LogP contribution in [0.4, 0.5) is 5.69 Å². The van der Waals surface area contributed by atoms with E-state index >= 15 is 0 Å². The van der Waals surface area contributed by atoms with Crippen molar-refractivity contribution >= 4 is 30.7 Å². The molecule has 1 N–H and O–H groups in total. The van der Waals surface area contributed by atoms with E-state index in [1.807, 2.05) is 17.0 Å². The molecular formula is C32H44N4O3Si. The molecule has 1 aromatic carbocycles. The molecule has 214 valence electrons. The van der Waals surface area contributed by atoms with Gasteiger partial charge in [-0.3, -0.25) is 4.79 Å². The van der Waals surface area contributed by atoms with Crippen LogP contribution in [0.3, 0.4) is 0 Å². The number of hydrogen-bond donors (Lipinski definition) is 1. The molecule has 7 nitrogen and oxygen atoms in total. The van der Waals surface area contributed by atoms with Crippen LogP contribution in [0.5, 0.6) is 0 Å². The molecule has 1 aliphatic heterocycles. The molecule has 0 bridgehead atoms. The first-order chi connectivity index (χ1) is 19.2. The molecule has 3 fully saturated rings. The number of nitrogens with zero attached hydrogens (tertiary/aromatic N) is 4. The molecule has 40 heavy (non-hydrogen) atoms. The lowest BCUT2D eigenvalue weighted by molar-refractivity contribution is 0.0747. The van der Waals surface area contributed by atoms with Crippen molar-refractivity contribution in [1.82, 2.24) is 14.5 Å². The highest BCUT2D eigenvalue weighted by Gasteiger charge is 2.55. The summed E-state index contributed by atoms with van der Waals surface area (Å²) in [5.74, 6) is 1.91. The first-order valence-corrected chi connectivity index (χ1v) is 18.8. The molecular weight excluding hydrogens is 516 g/mol. The minimum atomic E-state index is -1.19. The Bertz CT molecular complexity index is 1380. The highest BCUT2D eigenvalue weighted by atomic mass is 28.3. The second kappa shape index (κ2) is 10.7. The number of ketones is 1. The van der Waals surface area contributed by atoms with Crippen LogP contribution >= 0.6 is 0 Å². The van der Waals surface area contributed by atoms with Crippen molar-refractivity contribution in [3.05, 3.63) is 42.2 Å². The van der Waals surface area contributed by atoms with Crippen LogP contribution in [0.15, 0.2) is 36.7 Å². The molecule has 3 heterocycles. The van der Waals surface area contributed by atoms with E-state index in [-0.39, 0.29) is 11.2 Å². The monoisotopic (exact) mass is 560 g/mol. The Morgan fingerprint density at radius 3 is 2.60 bits per heavy atom. The van der Waals surface area contributed by atoms with Crippen molar-refractivity contribution in [2.45, 2.75) is 71.4 Å². The lowest BCUT2D eigenvalue weighted by atomic mass is 9.71. The summed E-state index contributed by atoms with van der Waals surface area (Å²) in [4.78, 5) is 26.4. The summed E-state index contributed by atoms with van der Waals surface area (Å²) in [5.41, 5.74) is 4.69. The third-order valence-electron chi connectivity index (χ3n) is 9.63. The van der Waals surface area contributed by atoms with Crippen LogP contribution in [0.2, 0.25) is 25.7 Å². The molecule has 0 radical (unpaired) electrons. The summed E-state index contributed by atoms with van der Waals surface area (Å²) in [7, 11) is -1.19. The maximum atomic E-state index is 14.0. The molecule has 2 atom stereocenters. The van der Waals surface area contributed by atoms with Crippen molar-refractivity contribution in [2.75, 3.05) is 31.2 Å². The van der Waals surface area contributed by atoms with Gasteiger partial charge in [0.1, 0.15) is 12.2 Å². The molecule has 0 amide bonds. The number of aromatic nitrogens is 3. The summed E-state index contributed by atoms with van der Waals surface area (Å²) >= 11 is 0. The Morgan fingerprint density at radius 2 is 1.90 bits per heavy atom. The number of fused-ring (bicyclic) bond motifs is 2. The quantitative estimate of drug-likeness (QED) is 0.180. The zero-order valence-corrected chi connectivity index (χ0v) is 25.5. The number of aliphatic hydroxyl groups excluding tert-OH is 1. The number of aliphatic hydroxyl groups is 1. The number of anilines is 1. The number of Topliss-reactive ketones (excluding diaryl/α,β-unsaturated/α-hetero) is 1. The van der Waals surface area contributed by atoms with Gasteiger partial charge >= 0.3 is 0 Å². The van der Waals surface area contributed by atoms with Crippen LogP contribution in [-0.4, -0.2) is 59.8 Å². The Kier molecular flexibility index (Phi) is 7.38. The van der Waals surface area contributed by atoms with Crippen LogP contribution in [-0.2, 0) is 11.5 Å². The van der Waals surface area contributed by atoms with E-state index in [9.17, 15) is 9.90 Å². The van der Waals surface area contributed by atoms with Crippen molar-refractivity contribution in [1.29, 1.82) is 0 Å². The van der Waals surface area contributed by atoms with E-state index in [4.69, 9.17) is 14.7 Å². The predicted molar refractivity (Wildman–Crippen MR) is 162 cm³/mol. The van der Waals surface area contributed by atoms with Crippen molar-refractivity contribution in [3.63, 3.8) is 0 Å². The zero-order valence-electron chi connectivity index (χ0n) is 24.5. The molecule has 8 heteroatoms. The number of hydrogen-bond acceptors (Lipinski definition) is 6. The van der Waals surface area contributed by atoms with Crippen LogP contribution in [0.25, 0.3) is 22.4 Å². The van der Waals surface area contributed by atoms with Gasteiger partial charge in [-0.2, -0.15) is 0 Å². The third-order valence-corrected chi connectivity index (χ3v) is 11.3. The first kappa shape index (κ1) is 27.6. The van der Waals surface area contributed by atoms with Crippen LogP contribution in [0, 0.1) is 23.2 Å². The van der Waals surface area contributed by atoms with Crippen molar-refractivity contribution < 1.29 is 14.6 Å². The van der Waals surface area contributed by atoms with E-state index in [1.165, 1.54) is 12.1 Å². The third kappa shape index (κ3) is 5.38. The Morgan fingerprint density at radius 1 is 1.15 bits per heavy atom. The maximum Gasteiger partial charge on any atom is 0.172 e. The van der Waals surface area contributed by atoms with E-state index in [1.54, 1.807) is 0 Å². The van der Waals surface area contributed by atoms with Gasteiger partial charge in [0.2, 0.25) is 0 Å². The standard InChI is InChI=1S/C32H44N4O3Si/c1-32(11-6-5-7-12-32)30(38)26-19-36(21-39-13-14-40(2,3)4)31-29(26)34-28(16-33-31)22-9-8-10-23(15-22)35-17-24-25(18-35)27(24)20-37/h8-10,15-16,19,24-25,27,37H,5-7,11-14,17-18,20-21H2,1-4H3. The number of benzene rings is 1. The smallest absolute Gasteiger partial charge is 0.172 e. The number of carbonyl (C=O) groups excluding carboxylic acids is 1. The summed E-state index contributed by atoms with van der Waals surface area (Å²) in [6.45, 7) is 12.6. The maximum absolute atomic E-state index is 14.0. The average Bonchev–Trinajstić information content (AvgIpc) is 3.24. The highest BCUT2D eigenvalue weighted by molar-refractivity contribution is 6.76. The molecule has 2 saturated carbocycles. The Hall–Kier alpha value is -2.55. The minimum absolute atomic E-state index is 0.188. The molecule has 3 aromatic rings. The largest absolute Gasteiger partial charge is 0.396 e. The summed E-state index contributed by atoms with van der Waals surface area (Å²) < 4.78 is 8.05. The lowest BCUT2D eigenvalue weighted by Gasteiger charge is -2.31. The fourth-order valence-electron chi connectivity index (χ4n) is 6.87. The number of piperidine rings is 1. The predicted octanol–water partition coefficient (Wildman–Crippen LogP) is 6.24. The second-order valence-corrected chi connectivity index (χ2v) is 19.5. The summed E-state index contributed by atoms with van der Waals surface area (Å²) in [5, 5.41) is 9.54. The highest BCUT2D eigenvalue weighted by Crippen LogP contribution is 2.52. The van der Waals surface area contributed by atoms with Crippen molar-refractivity contribution in [3.8, 4) is 11.3 Å². The number of carbonyl (C=O) groups is 1. The van der Waals surface area contributed by atoms with E-state index in [0.717, 1.165) is 56.1 Å².